The van der Waals surface area contributed by atoms with Crippen LogP contribution in [0.25, 0.3) is 0 Å². The number of nitrogens with zero attached hydrogens (tertiary/aromatic N) is 6. The zero-order valence-corrected chi connectivity index (χ0v) is 19.9. The number of aromatic nitrogens is 2. The second kappa shape index (κ2) is 10.6. The number of para-hydroxylation sites is 1. The molecule has 1 aromatic heterocycles. The maximum Gasteiger partial charge on any atom is 0.257 e. The predicted molar refractivity (Wildman–Crippen MR) is 131 cm³/mol. The van der Waals surface area contributed by atoms with Gasteiger partial charge in [-0.2, -0.15) is 0 Å². The number of amides is 1. The first-order chi connectivity index (χ1) is 16.7. The Labute approximate surface area is 201 Å². The molecule has 3 aliphatic rings. The highest BCUT2D eigenvalue weighted by Gasteiger charge is 2.26. The van der Waals surface area contributed by atoms with E-state index in [0.717, 1.165) is 64.1 Å². The summed E-state index contributed by atoms with van der Waals surface area (Å²) in [6, 6.07) is 11.5. The van der Waals surface area contributed by atoms with Gasteiger partial charge in [0.25, 0.3) is 5.91 Å². The first-order valence-corrected chi connectivity index (χ1v) is 12.3. The molecule has 9 heteroatoms. The van der Waals surface area contributed by atoms with Gasteiger partial charge in [-0.15, -0.1) is 10.2 Å². The first kappa shape index (κ1) is 22.9. The van der Waals surface area contributed by atoms with Crippen molar-refractivity contribution in [1.82, 2.24) is 20.0 Å². The van der Waals surface area contributed by atoms with Gasteiger partial charge in [-0.1, -0.05) is 12.1 Å². The summed E-state index contributed by atoms with van der Waals surface area (Å²) in [5.74, 6) is 2.43. The van der Waals surface area contributed by atoms with E-state index in [9.17, 15) is 4.79 Å². The van der Waals surface area contributed by atoms with Gasteiger partial charge in [-0.05, 0) is 37.1 Å². The van der Waals surface area contributed by atoms with Gasteiger partial charge in [0.05, 0.1) is 18.8 Å². The van der Waals surface area contributed by atoms with E-state index in [4.69, 9.17) is 9.47 Å². The Bertz CT molecular complexity index is 949. The Hall–Kier alpha value is -2.91. The van der Waals surface area contributed by atoms with Crippen LogP contribution < -0.4 is 14.5 Å². The zero-order valence-electron chi connectivity index (χ0n) is 19.9. The molecular formula is C25H34N6O3. The molecule has 2 aromatic rings. The third-order valence-corrected chi connectivity index (χ3v) is 7.05. The van der Waals surface area contributed by atoms with Crippen molar-refractivity contribution in [2.75, 3.05) is 82.4 Å². The number of carbonyl (C=O) groups is 1. The lowest BCUT2D eigenvalue weighted by atomic mass is 10.1. The summed E-state index contributed by atoms with van der Waals surface area (Å²) >= 11 is 0. The molecule has 0 N–H and O–H groups in total. The van der Waals surface area contributed by atoms with Crippen LogP contribution in [0.3, 0.4) is 0 Å². The minimum Gasteiger partial charge on any atom is -0.496 e. The predicted octanol–water partition coefficient (Wildman–Crippen LogP) is 1.75. The van der Waals surface area contributed by atoms with Crippen LogP contribution in [-0.2, 0) is 4.74 Å². The van der Waals surface area contributed by atoms with Crippen molar-refractivity contribution in [3.63, 3.8) is 0 Å². The standard InChI is InChI=1S/C25H34N6O3/c1-33-22-7-3-2-6-21(22)25(32)31-16-14-30(15-17-31)24-9-8-23(26-27-24)29-12-10-28(11-13-29)19-20-5-4-18-34-20/h2-3,6-9,20H,4-5,10-19H2,1H3. The molecule has 1 atom stereocenters. The fraction of sp³-hybridized carbons (Fsp3) is 0.560. The summed E-state index contributed by atoms with van der Waals surface area (Å²) in [6.45, 7) is 8.71. The average Bonchev–Trinajstić information content (AvgIpc) is 3.42. The summed E-state index contributed by atoms with van der Waals surface area (Å²) in [5, 5.41) is 9.04. The molecule has 0 radical (unpaired) electrons. The topological polar surface area (TPSA) is 74.3 Å². The molecule has 182 valence electrons. The highest BCUT2D eigenvalue weighted by Crippen LogP contribution is 2.22. The molecule has 1 unspecified atom stereocenters. The molecular weight excluding hydrogens is 432 g/mol. The third-order valence-electron chi connectivity index (χ3n) is 7.05. The van der Waals surface area contributed by atoms with Crippen LogP contribution in [0.5, 0.6) is 5.75 Å². The fourth-order valence-corrected chi connectivity index (χ4v) is 5.02. The molecule has 34 heavy (non-hydrogen) atoms. The van der Waals surface area contributed by atoms with Crippen molar-refractivity contribution in [2.45, 2.75) is 18.9 Å². The van der Waals surface area contributed by atoms with Crippen molar-refractivity contribution >= 4 is 17.5 Å². The zero-order chi connectivity index (χ0) is 23.3. The molecule has 0 bridgehead atoms. The van der Waals surface area contributed by atoms with Crippen molar-refractivity contribution in [3.05, 3.63) is 42.0 Å². The quantitative estimate of drug-likeness (QED) is 0.638. The molecule has 1 amide bonds. The summed E-state index contributed by atoms with van der Waals surface area (Å²) in [7, 11) is 1.59. The number of carbonyl (C=O) groups excluding carboxylic acids is 1. The van der Waals surface area contributed by atoms with Crippen LogP contribution in [0.15, 0.2) is 36.4 Å². The van der Waals surface area contributed by atoms with Crippen molar-refractivity contribution in [1.29, 1.82) is 0 Å². The molecule has 9 nitrogen and oxygen atoms in total. The van der Waals surface area contributed by atoms with Gasteiger partial charge < -0.3 is 24.2 Å². The highest BCUT2D eigenvalue weighted by molar-refractivity contribution is 5.97. The van der Waals surface area contributed by atoms with Crippen LogP contribution in [-0.4, -0.2) is 105 Å². The van der Waals surface area contributed by atoms with E-state index in [0.29, 0.717) is 30.5 Å². The Morgan fingerprint density at radius 1 is 0.941 bits per heavy atom. The van der Waals surface area contributed by atoms with Crippen molar-refractivity contribution in [3.8, 4) is 5.75 Å². The first-order valence-electron chi connectivity index (χ1n) is 12.3. The lowest BCUT2D eigenvalue weighted by Gasteiger charge is -2.37. The van der Waals surface area contributed by atoms with Gasteiger partial charge in [-0.3, -0.25) is 9.69 Å². The number of benzene rings is 1. The van der Waals surface area contributed by atoms with Crippen LogP contribution in [0.2, 0.25) is 0 Å². The smallest absolute Gasteiger partial charge is 0.257 e. The van der Waals surface area contributed by atoms with Gasteiger partial charge in [0.15, 0.2) is 11.6 Å². The number of hydrogen-bond donors (Lipinski definition) is 0. The number of rotatable bonds is 6. The lowest BCUT2D eigenvalue weighted by molar-refractivity contribution is 0.0712. The molecule has 4 heterocycles. The van der Waals surface area contributed by atoms with Gasteiger partial charge in [-0.25, -0.2) is 0 Å². The van der Waals surface area contributed by atoms with E-state index >= 15 is 0 Å². The summed E-state index contributed by atoms with van der Waals surface area (Å²) in [5.41, 5.74) is 0.610. The van der Waals surface area contributed by atoms with E-state index in [1.165, 1.54) is 12.8 Å². The Kier molecular flexibility index (Phi) is 7.10. The van der Waals surface area contributed by atoms with Crippen LogP contribution >= 0.6 is 0 Å². The van der Waals surface area contributed by atoms with Crippen molar-refractivity contribution in [2.24, 2.45) is 0 Å². The second-order valence-corrected chi connectivity index (χ2v) is 9.15. The number of ether oxygens (including phenoxy) is 2. The van der Waals surface area contributed by atoms with E-state index in [1.54, 1.807) is 7.11 Å². The Morgan fingerprint density at radius 2 is 1.59 bits per heavy atom. The monoisotopic (exact) mass is 466 g/mol. The maximum absolute atomic E-state index is 12.9. The molecule has 3 fully saturated rings. The van der Waals surface area contributed by atoms with E-state index in [1.807, 2.05) is 29.2 Å². The average molecular weight is 467 g/mol. The summed E-state index contributed by atoms with van der Waals surface area (Å²) < 4.78 is 11.1. The third kappa shape index (κ3) is 5.10. The number of anilines is 2. The normalized spacial score (nSPS) is 21.7. The summed E-state index contributed by atoms with van der Waals surface area (Å²) in [6.07, 6.45) is 2.80. The molecule has 3 aliphatic heterocycles. The van der Waals surface area contributed by atoms with E-state index in [2.05, 4.69) is 37.0 Å². The SMILES string of the molecule is COc1ccccc1C(=O)N1CCN(c2ccc(N3CCN(CC4CCCO4)CC3)nn2)CC1. The fourth-order valence-electron chi connectivity index (χ4n) is 5.02. The number of piperazine rings is 2. The number of hydrogen-bond acceptors (Lipinski definition) is 8. The number of methoxy groups -OCH3 is 1. The molecule has 1 aromatic carbocycles. The van der Waals surface area contributed by atoms with Crippen molar-refractivity contribution < 1.29 is 14.3 Å². The van der Waals surface area contributed by atoms with Gasteiger partial charge in [0.2, 0.25) is 0 Å². The Morgan fingerprint density at radius 3 is 2.18 bits per heavy atom. The minimum absolute atomic E-state index is 0.0113. The van der Waals surface area contributed by atoms with Crippen LogP contribution in [0, 0.1) is 0 Å². The molecule has 0 spiro atoms. The summed E-state index contributed by atoms with van der Waals surface area (Å²) in [4.78, 5) is 21.8. The van der Waals surface area contributed by atoms with Crippen LogP contribution in [0.4, 0.5) is 11.6 Å². The van der Waals surface area contributed by atoms with E-state index < -0.39 is 0 Å². The van der Waals surface area contributed by atoms with E-state index in [-0.39, 0.29) is 5.91 Å². The van der Waals surface area contributed by atoms with Gasteiger partial charge in [0, 0.05) is 65.5 Å². The lowest BCUT2D eigenvalue weighted by Crippen LogP contribution is -2.49. The molecule has 5 rings (SSSR count). The molecule has 3 saturated heterocycles. The highest BCUT2D eigenvalue weighted by atomic mass is 16.5. The second-order valence-electron chi connectivity index (χ2n) is 9.15. The van der Waals surface area contributed by atoms with Gasteiger partial charge in [0.1, 0.15) is 5.75 Å². The molecule has 0 aliphatic carbocycles. The largest absolute Gasteiger partial charge is 0.496 e. The Balaban J connectivity index is 1.11. The maximum atomic E-state index is 12.9. The van der Waals surface area contributed by atoms with Gasteiger partial charge >= 0.3 is 0 Å². The minimum atomic E-state index is 0.0113. The van der Waals surface area contributed by atoms with Crippen LogP contribution in [0.1, 0.15) is 23.2 Å². The molecule has 0 saturated carbocycles.